The van der Waals surface area contributed by atoms with Crippen LogP contribution in [0, 0.1) is 6.92 Å². The first-order valence-corrected chi connectivity index (χ1v) is 4.79. The van der Waals surface area contributed by atoms with Gasteiger partial charge in [0.05, 0.1) is 4.47 Å². The van der Waals surface area contributed by atoms with Crippen LogP contribution in [-0.4, -0.2) is 6.61 Å². The SMILES string of the molecule is Cc1ccc(OCC=C(F)F)c(Br)c1. The lowest BCUT2D eigenvalue weighted by Crippen LogP contribution is -1.94. The van der Waals surface area contributed by atoms with Crippen molar-refractivity contribution in [1.29, 1.82) is 0 Å². The van der Waals surface area contributed by atoms with E-state index in [4.69, 9.17) is 4.74 Å². The van der Waals surface area contributed by atoms with Gasteiger partial charge in [-0.2, -0.15) is 8.78 Å². The molecule has 0 aliphatic heterocycles. The van der Waals surface area contributed by atoms with Crippen molar-refractivity contribution in [2.75, 3.05) is 6.61 Å². The molecular formula is C10H9BrF2O. The van der Waals surface area contributed by atoms with E-state index in [-0.39, 0.29) is 6.61 Å². The van der Waals surface area contributed by atoms with E-state index >= 15 is 0 Å². The van der Waals surface area contributed by atoms with Crippen molar-refractivity contribution in [3.63, 3.8) is 0 Å². The molecule has 0 amide bonds. The molecule has 1 aromatic rings. The Labute approximate surface area is 89.5 Å². The predicted octanol–water partition coefficient (Wildman–Crippen LogP) is 3.92. The van der Waals surface area contributed by atoms with Crippen LogP contribution < -0.4 is 4.74 Å². The first-order chi connectivity index (χ1) is 6.59. The van der Waals surface area contributed by atoms with E-state index in [9.17, 15) is 8.78 Å². The fraction of sp³-hybridized carbons (Fsp3) is 0.200. The Balaban J connectivity index is 2.64. The summed E-state index contributed by atoms with van der Waals surface area (Å²) >= 11 is 3.28. The molecule has 0 bridgehead atoms. The number of benzene rings is 1. The van der Waals surface area contributed by atoms with Crippen LogP contribution in [-0.2, 0) is 0 Å². The van der Waals surface area contributed by atoms with Crippen LogP contribution in [0.1, 0.15) is 5.56 Å². The molecule has 0 spiro atoms. The topological polar surface area (TPSA) is 9.23 Å². The maximum atomic E-state index is 11.7. The summed E-state index contributed by atoms with van der Waals surface area (Å²) in [5.41, 5.74) is 1.08. The Morgan fingerprint density at radius 2 is 2.21 bits per heavy atom. The maximum absolute atomic E-state index is 11.7. The lowest BCUT2D eigenvalue weighted by Gasteiger charge is -2.05. The standard InChI is InChI=1S/C10H9BrF2O/c1-7-2-3-9(8(11)6-7)14-5-4-10(12)13/h2-4,6H,5H2,1H3. The third kappa shape index (κ3) is 3.46. The summed E-state index contributed by atoms with van der Waals surface area (Å²) in [7, 11) is 0. The zero-order chi connectivity index (χ0) is 10.6. The Morgan fingerprint density at radius 3 is 2.79 bits per heavy atom. The number of hydrogen-bond donors (Lipinski definition) is 0. The summed E-state index contributed by atoms with van der Waals surface area (Å²) in [5.74, 6) is 0.563. The molecule has 1 rings (SSSR count). The number of hydrogen-bond acceptors (Lipinski definition) is 1. The van der Waals surface area contributed by atoms with E-state index in [0.29, 0.717) is 5.75 Å². The highest BCUT2D eigenvalue weighted by atomic mass is 79.9. The highest BCUT2D eigenvalue weighted by Crippen LogP contribution is 2.25. The lowest BCUT2D eigenvalue weighted by molar-refractivity contribution is 0.343. The van der Waals surface area contributed by atoms with Crippen molar-refractivity contribution in [1.82, 2.24) is 0 Å². The molecule has 14 heavy (non-hydrogen) atoms. The van der Waals surface area contributed by atoms with Crippen LogP contribution in [0.15, 0.2) is 34.8 Å². The van der Waals surface area contributed by atoms with Crippen LogP contribution in [0.5, 0.6) is 5.75 Å². The summed E-state index contributed by atoms with van der Waals surface area (Å²) in [5, 5.41) is 0. The van der Waals surface area contributed by atoms with Gasteiger partial charge in [0.15, 0.2) is 0 Å². The molecule has 0 aliphatic carbocycles. The predicted molar refractivity (Wildman–Crippen MR) is 54.7 cm³/mol. The van der Waals surface area contributed by atoms with Gasteiger partial charge in [0.2, 0.25) is 0 Å². The Hall–Kier alpha value is -0.900. The molecule has 0 aromatic heterocycles. The zero-order valence-corrected chi connectivity index (χ0v) is 9.14. The second kappa shape index (κ2) is 5.10. The molecule has 0 saturated heterocycles. The quantitative estimate of drug-likeness (QED) is 0.803. The number of aryl methyl sites for hydroxylation is 1. The molecule has 0 atom stereocenters. The average Bonchev–Trinajstić information content (AvgIpc) is 2.08. The van der Waals surface area contributed by atoms with Crippen molar-refractivity contribution in [2.24, 2.45) is 0 Å². The smallest absolute Gasteiger partial charge is 0.269 e. The minimum atomic E-state index is -1.73. The van der Waals surface area contributed by atoms with Gasteiger partial charge in [-0.25, -0.2) is 0 Å². The Bertz CT molecular complexity index is 346. The molecule has 0 aliphatic rings. The zero-order valence-electron chi connectivity index (χ0n) is 7.56. The molecule has 0 radical (unpaired) electrons. The van der Waals surface area contributed by atoms with E-state index in [1.54, 1.807) is 6.07 Å². The van der Waals surface area contributed by atoms with Gasteiger partial charge in [-0.1, -0.05) is 6.07 Å². The van der Waals surface area contributed by atoms with Crippen molar-refractivity contribution >= 4 is 15.9 Å². The van der Waals surface area contributed by atoms with E-state index in [0.717, 1.165) is 16.1 Å². The highest BCUT2D eigenvalue weighted by Gasteiger charge is 1.99. The van der Waals surface area contributed by atoms with E-state index in [2.05, 4.69) is 15.9 Å². The van der Waals surface area contributed by atoms with Crippen LogP contribution in [0.25, 0.3) is 0 Å². The molecule has 4 heteroatoms. The van der Waals surface area contributed by atoms with Gasteiger partial charge in [-0.3, -0.25) is 0 Å². The van der Waals surface area contributed by atoms with Crippen molar-refractivity contribution < 1.29 is 13.5 Å². The van der Waals surface area contributed by atoms with Gasteiger partial charge in [-0.05, 0) is 40.5 Å². The van der Waals surface area contributed by atoms with Gasteiger partial charge < -0.3 is 4.74 Å². The largest absolute Gasteiger partial charge is 0.488 e. The highest BCUT2D eigenvalue weighted by molar-refractivity contribution is 9.10. The average molecular weight is 263 g/mol. The van der Waals surface area contributed by atoms with E-state index < -0.39 is 6.08 Å². The monoisotopic (exact) mass is 262 g/mol. The fourth-order valence-electron chi connectivity index (χ4n) is 0.917. The molecule has 0 unspecified atom stereocenters. The minimum Gasteiger partial charge on any atom is -0.488 e. The van der Waals surface area contributed by atoms with Gasteiger partial charge in [-0.15, -0.1) is 0 Å². The van der Waals surface area contributed by atoms with Gasteiger partial charge in [0.25, 0.3) is 6.08 Å². The number of halogens is 3. The molecular weight excluding hydrogens is 254 g/mol. The summed E-state index contributed by atoms with van der Waals surface area (Å²) < 4.78 is 29.2. The Morgan fingerprint density at radius 1 is 1.50 bits per heavy atom. The van der Waals surface area contributed by atoms with Crippen LogP contribution >= 0.6 is 15.9 Å². The molecule has 0 N–H and O–H groups in total. The first kappa shape index (κ1) is 11.2. The molecule has 0 saturated carbocycles. The van der Waals surface area contributed by atoms with Crippen molar-refractivity contribution in [3.8, 4) is 5.75 Å². The Kier molecular flexibility index (Phi) is 4.07. The van der Waals surface area contributed by atoms with Crippen LogP contribution in [0.3, 0.4) is 0 Å². The fourth-order valence-corrected chi connectivity index (χ4v) is 1.53. The summed E-state index contributed by atoms with van der Waals surface area (Å²) in [6.07, 6.45) is -1.00. The van der Waals surface area contributed by atoms with Crippen LogP contribution in [0.4, 0.5) is 8.78 Å². The number of ether oxygens (including phenoxy) is 1. The van der Waals surface area contributed by atoms with Gasteiger partial charge in [0.1, 0.15) is 12.4 Å². The summed E-state index contributed by atoms with van der Waals surface area (Å²) in [6, 6.07) is 5.46. The number of rotatable bonds is 3. The van der Waals surface area contributed by atoms with E-state index in [1.807, 2.05) is 19.1 Å². The maximum Gasteiger partial charge on any atom is 0.269 e. The normalized spacial score (nSPS) is 9.71. The van der Waals surface area contributed by atoms with E-state index in [1.165, 1.54) is 0 Å². The van der Waals surface area contributed by atoms with Crippen molar-refractivity contribution in [3.05, 3.63) is 40.4 Å². The second-order valence-electron chi connectivity index (χ2n) is 2.74. The summed E-state index contributed by atoms with van der Waals surface area (Å²) in [6.45, 7) is 1.82. The minimum absolute atomic E-state index is 0.121. The first-order valence-electron chi connectivity index (χ1n) is 3.99. The lowest BCUT2D eigenvalue weighted by atomic mass is 10.2. The molecule has 0 fully saturated rings. The molecule has 76 valence electrons. The van der Waals surface area contributed by atoms with Gasteiger partial charge in [0, 0.05) is 6.08 Å². The third-order valence-corrected chi connectivity index (χ3v) is 2.18. The molecule has 1 aromatic carbocycles. The second-order valence-corrected chi connectivity index (χ2v) is 3.59. The third-order valence-electron chi connectivity index (χ3n) is 1.56. The van der Waals surface area contributed by atoms with Crippen molar-refractivity contribution in [2.45, 2.75) is 6.92 Å². The summed E-state index contributed by atoms with van der Waals surface area (Å²) in [4.78, 5) is 0. The molecule has 0 heterocycles. The van der Waals surface area contributed by atoms with Crippen LogP contribution in [0.2, 0.25) is 0 Å². The van der Waals surface area contributed by atoms with Gasteiger partial charge >= 0.3 is 0 Å². The molecule has 1 nitrogen and oxygen atoms in total.